The summed E-state index contributed by atoms with van der Waals surface area (Å²) < 4.78 is 34.8. The number of sulfonamides is 1. The molecule has 0 heterocycles. The lowest BCUT2D eigenvalue weighted by Gasteiger charge is -2.34. The first-order valence-corrected chi connectivity index (χ1v) is 17.4. The van der Waals surface area contributed by atoms with Crippen LogP contribution in [0.15, 0.2) is 102 Å². The first-order chi connectivity index (χ1) is 22.4. The van der Waals surface area contributed by atoms with Crippen LogP contribution in [0.3, 0.4) is 0 Å². The minimum Gasteiger partial charge on any atom is -0.495 e. The predicted octanol–water partition coefficient (Wildman–Crippen LogP) is 6.92. The van der Waals surface area contributed by atoms with Gasteiger partial charge in [0.05, 0.1) is 22.7 Å². The molecule has 2 amide bonds. The molecule has 4 aromatic carbocycles. The van der Waals surface area contributed by atoms with Crippen molar-refractivity contribution < 1.29 is 22.7 Å². The van der Waals surface area contributed by atoms with Crippen molar-refractivity contribution in [3.8, 4) is 5.75 Å². The van der Waals surface area contributed by atoms with E-state index in [1.54, 1.807) is 42.5 Å². The van der Waals surface area contributed by atoms with E-state index >= 15 is 0 Å². The molecule has 0 bridgehead atoms. The molecule has 1 atom stereocenters. The summed E-state index contributed by atoms with van der Waals surface area (Å²) in [5, 5.41) is 3.56. The maximum Gasteiger partial charge on any atom is 0.264 e. The molecule has 0 saturated carbocycles. The number of nitrogens with zero attached hydrogens (tertiary/aromatic N) is 2. The van der Waals surface area contributed by atoms with E-state index in [1.165, 1.54) is 36.3 Å². The smallest absolute Gasteiger partial charge is 0.264 e. The van der Waals surface area contributed by atoms with E-state index < -0.39 is 28.5 Å². The van der Waals surface area contributed by atoms with Gasteiger partial charge >= 0.3 is 0 Å². The van der Waals surface area contributed by atoms with E-state index in [0.29, 0.717) is 22.9 Å². The molecule has 8 nitrogen and oxygen atoms in total. The number of hydrogen-bond acceptors (Lipinski definition) is 5. The Kier molecular flexibility index (Phi) is 12.3. The van der Waals surface area contributed by atoms with Crippen molar-refractivity contribution in [2.75, 3.05) is 24.5 Å². The third kappa shape index (κ3) is 9.28. The Morgan fingerprint density at radius 2 is 1.53 bits per heavy atom. The minimum absolute atomic E-state index is 0.00370. The number of ether oxygens (including phenoxy) is 1. The van der Waals surface area contributed by atoms with Crippen molar-refractivity contribution in [3.05, 3.63) is 124 Å². The van der Waals surface area contributed by atoms with Gasteiger partial charge in [-0.25, -0.2) is 8.42 Å². The number of hydrogen-bond donors (Lipinski definition) is 1. The maximum atomic E-state index is 14.6. The summed E-state index contributed by atoms with van der Waals surface area (Å²) in [6.07, 6.45) is 0.194. The highest BCUT2D eigenvalue weighted by molar-refractivity contribution is 7.92. The second-order valence-electron chi connectivity index (χ2n) is 11.6. The van der Waals surface area contributed by atoms with Gasteiger partial charge in [-0.1, -0.05) is 103 Å². The zero-order chi connectivity index (χ0) is 34.1. The number of benzene rings is 4. The molecule has 0 radical (unpaired) electrons. The van der Waals surface area contributed by atoms with E-state index in [2.05, 4.69) is 5.32 Å². The van der Waals surface area contributed by atoms with Gasteiger partial charge in [-0.05, 0) is 60.4 Å². The van der Waals surface area contributed by atoms with Gasteiger partial charge in [0, 0.05) is 24.5 Å². The van der Waals surface area contributed by atoms with Crippen molar-refractivity contribution in [2.45, 2.75) is 44.7 Å². The number of carbonyl (C=O) groups excluding carboxylic acids is 2. The third-order valence-electron chi connectivity index (χ3n) is 7.57. The van der Waals surface area contributed by atoms with Gasteiger partial charge < -0.3 is 15.0 Å². The van der Waals surface area contributed by atoms with Gasteiger partial charge in [-0.2, -0.15) is 0 Å². The predicted molar refractivity (Wildman–Crippen MR) is 187 cm³/mol. The van der Waals surface area contributed by atoms with Crippen LogP contribution in [-0.2, 0) is 32.6 Å². The quantitative estimate of drug-likeness (QED) is 0.155. The summed E-state index contributed by atoms with van der Waals surface area (Å²) in [5.41, 5.74) is 2.48. The lowest BCUT2D eigenvalue weighted by molar-refractivity contribution is -0.140. The van der Waals surface area contributed by atoms with Crippen molar-refractivity contribution in [1.29, 1.82) is 0 Å². The molecule has 4 aromatic rings. The number of methoxy groups -OCH3 is 1. The molecule has 248 valence electrons. The fraction of sp³-hybridized carbons (Fsp3) is 0.278. The highest BCUT2D eigenvalue weighted by Gasteiger charge is 2.35. The fourth-order valence-electron chi connectivity index (χ4n) is 4.96. The Labute approximate surface area is 287 Å². The van der Waals surface area contributed by atoms with Crippen LogP contribution >= 0.6 is 23.2 Å². The molecular weight excluding hydrogens is 657 g/mol. The van der Waals surface area contributed by atoms with Gasteiger partial charge in [0.15, 0.2) is 0 Å². The van der Waals surface area contributed by atoms with Gasteiger partial charge in [0.1, 0.15) is 18.3 Å². The molecule has 0 unspecified atom stereocenters. The number of anilines is 1. The van der Waals surface area contributed by atoms with Crippen molar-refractivity contribution in [2.24, 2.45) is 5.92 Å². The number of carbonyl (C=O) groups is 2. The number of halogens is 2. The summed E-state index contributed by atoms with van der Waals surface area (Å²) in [5.74, 6) is -0.449. The second-order valence-corrected chi connectivity index (χ2v) is 14.3. The standard InChI is InChI=1S/C36H39Cl2N3O5S/c1-25(2)22-39-36(43)33(20-27-10-6-5-7-11-27)40(23-28-12-8-9-13-31(28)37)35(42)24-41(29-16-19-34(46-4)32(38)21-29)47(44,45)30-17-14-26(3)15-18-30/h5-19,21,25,33H,20,22-24H2,1-4H3,(H,39,43)/t33-/m1/s1. The topological polar surface area (TPSA) is 96.0 Å². The Hall–Kier alpha value is -4.05. The highest BCUT2D eigenvalue weighted by Crippen LogP contribution is 2.32. The minimum atomic E-state index is -4.28. The highest BCUT2D eigenvalue weighted by atomic mass is 35.5. The van der Waals surface area contributed by atoms with E-state index in [4.69, 9.17) is 27.9 Å². The second kappa shape index (κ2) is 16.2. The summed E-state index contributed by atoms with van der Waals surface area (Å²) in [7, 11) is -2.83. The zero-order valence-corrected chi connectivity index (χ0v) is 29.1. The first-order valence-electron chi connectivity index (χ1n) is 15.2. The molecule has 0 fully saturated rings. The molecule has 0 aromatic heterocycles. The molecule has 0 saturated heterocycles. The molecule has 47 heavy (non-hydrogen) atoms. The fourth-order valence-corrected chi connectivity index (χ4v) is 6.82. The van der Waals surface area contributed by atoms with Gasteiger partial charge in [-0.15, -0.1) is 0 Å². The molecule has 4 rings (SSSR count). The van der Waals surface area contributed by atoms with Crippen LogP contribution in [0.25, 0.3) is 0 Å². The van der Waals surface area contributed by atoms with E-state index in [-0.39, 0.29) is 40.4 Å². The molecule has 1 N–H and O–H groups in total. The first kappa shape index (κ1) is 35.8. The van der Waals surface area contributed by atoms with Crippen LogP contribution in [0.4, 0.5) is 5.69 Å². The molecule has 0 aliphatic heterocycles. The molecule has 0 spiro atoms. The van der Waals surface area contributed by atoms with Gasteiger partial charge in [-0.3, -0.25) is 13.9 Å². The molecule has 0 aliphatic carbocycles. The van der Waals surface area contributed by atoms with E-state index in [1.807, 2.05) is 51.1 Å². The van der Waals surface area contributed by atoms with E-state index in [0.717, 1.165) is 15.4 Å². The average Bonchev–Trinajstić information content (AvgIpc) is 3.05. The number of nitrogens with one attached hydrogen (secondary N) is 1. The monoisotopic (exact) mass is 695 g/mol. The summed E-state index contributed by atoms with van der Waals surface area (Å²) in [4.78, 5) is 29.9. The average molecular weight is 697 g/mol. The zero-order valence-electron chi connectivity index (χ0n) is 26.8. The number of aryl methyl sites for hydroxylation is 1. The normalized spacial score (nSPS) is 12.0. The summed E-state index contributed by atoms with van der Waals surface area (Å²) in [6.45, 7) is 5.56. The van der Waals surface area contributed by atoms with Crippen molar-refractivity contribution >= 4 is 50.7 Å². The lowest BCUT2D eigenvalue weighted by atomic mass is 10.0. The number of rotatable bonds is 14. The van der Waals surface area contributed by atoms with Crippen LogP contribution in [-0.4, -0.2) is 51.4 Å². The number of amides is 2. The van der Waals surface area contributed by atoms with Gasteiger partial charge in [0.25, 0.3) is 10.0 Å². The summed E-state index contributed by atoms with van der Waals surface area (Å²) in [6, 6.07) is 26.3. The van der Waals surface area contributed by atoms with Crippen LogP contribution in [0.2, 0.25) is 10.0 Å². The molecular formula is C36H39Cl2N3O5S. The van der Waals surface area contributed by atoms with Crippen molar-refractivity contribution in [3.63, 3.8) is 0 Å². The Morgan fingerprint density at radius 3 is 2.15 bits per heavy atom. The van der Waals surface area contributed by atoms with Crippen LogP contribution in [0, 0.1) is 12.8 Å². The Bertz CT molecular complexity index is 1780. The van der Waals surface area contributed by atoms with Gasteiger partial charge in [0.2, 0.25) is 11.8 Å². The van der Waals surface area contributed by atoms with Crippen molar-refractivity contribution in [1.82, 2.24) is 10.2 Å². The molecule has 11 heteroatoms. The summed E-state index contributed by atoms with van der Waals surface area (Å²) >= 11 is 13.0. The van der Waals surface area contributed by atoms with Crippen LogP contribution < -0.4 is 14.4 Å². The lowest BCUT2D eigenvalue weighted by Crippen LogP contribution is -2.53. The third-order valence-corrected chi connectivity index (χ3v) is 10.0. The van der Waals surface area contributed by atoms with Crippen LogP contribution in [0.1, 0.15) is 30.5 Å². The SMILES string of the molecule is COc1ccc(N(CC(=O)N(Cc2ccccc2Cl)[C@H](Cc2ccccc2)C(=O)NCC(C)C)S(=O)(=O)c2ccc(C)cc2)cc1Cl. The molecule has 0 aliphatic rings. The maximum absolute atomic E-state index is 14.6. The Balaban J connectivity index is 1.83. The Morgan fingerprint density at radius 1 is 0.872 bits per heavy atom. The van der Waals surface area contributed by atoms with E-state index in [9.17, 15) is 18.0 Å². The van der Waals surface area contributed by atoms with Crippen LogP contribution in [0.5, 0.6) is 5.75 Å². The largest absolute Gasteiger partial charge is 0.495 e.